The maximum Gasteiger partial charge on any atom is 0.241 e. The third-order valence-electron chi connectivity index (χ3n) is 2.22. The summed E-state index contributed by atoms with van der Waals surface area (Å²) >= 11 is 3.25. The Labute approximate surface area is 109 Å². The van der Waals surface area contributed by atoms with E-state index in [9.17, 15) is 4.79 Å². The number of hydrogen-bond donors (Lipinski definition) is 2. The van der Waals surface area contributed by atoms with Crippen molar-refractivity contribution < 1.29 is 9.53 Å². The molecule has 0 spiro atoms. The van der Waals surface area contributed by atoms with Gasteiger partial charge in [0, 0.05) is 19.9 Å². The van der Waals surface area contributed by atoms with Crippen LogP contribution in [0, 0.1) is 0 Å². The molecule has 1 aromatic rings. The first-order valence-electron chi connectivity index (χ1n) is 5.31. The first kappa shape index (κ1) is 14.1. The van der Waals surface area contributed by atoms with Crippen molar-refractivity contribution in [1.82, 2.24) is 4.98 Å². The number of amides is 1. The van der Waals surface area contributed by atoms with Gasteiger partial charge in [0.25, 0.3) is 0 Å². The lowest BCUT2D eigenvalue weighted by Crippen LogP contribution is -2.35. The van der Waals surface area contributed by atoms with Crippen molar-refractivity contribution in [3.8, 4) is 0 Å². The third kappa shape index (κ3) is 4.80. The Kier molecular flexibility index (Phi) is 6.10. The highest BCUT2D eigenvalue weighted by Gasteiger charge is 2.14. The van der Waals surface area contributed by atoms with Gasteiger partial charge < -0.3 is 15.8 Å². The molecule has 1 aromatic heterocycles. The maximum atomic E-state index is 11.7. The zero-order valence-electron chi connectivity index (χ0n) is 9.65. The number of anilines is 1. The molecule has 1 heterocycles. The molecule has 0 aliphatic heterocycles. The first-order valence-corrected chi connectivity index (χ1v) is 6.10. The van der Waals surface area contributed by atoms with E-state index < -0.39 is 6.04 Å². The smallest absolute Gasteiger partial charge is 0.241 e. The summed E-state index contributed by atoms with van der Waals surface area (Å²) in [4.78, 5) is 15.7. The molecule has 6 heteroatoms. The highest BCUT2D eigenvalue weighted by molar-refractivity contribution is 9.10. The fourth-order valence-corrected chi connectivity index (χ4v) is 1.63. The molecule has 0 aromatic carbocycles. The van der Waals surface area contributed by atoms with Gasteiger partial charge in [0.05, 0.1) is 11.7 Å². The third-order valence-corrected chi connectivity index (χ3v) is 2.85. The number of nitrogens with one attached hydrogen (secondary N) is 1. The summed E-state index contributed by atoms with van der Waals surface area (Å²) < 4.78 is 5.50. The van der Waals surface area contributed by atoms with Gasteiger partial charge >= 0.3 is 0 Å². The van der Waals surface area contributed by atoms with Gasteiger partial charge in [0.15, 0.2) is 0 Å². The Morgan fingerprint density at radius 2 is 2.47 bits per heavy atom. The quantitative estimate of drug-likeness (QED) is 0.617. The summed E-state index contributed by atoms with van der Waals surface area (Å²) in [5.41, 5.74) is 6.38. The zero-order valence-corrected chi connectivity index (χ0v) is 11.2. The van der Waals surface area contributed by atoms with Crippen LogP contribution < -0.4 is 11.1 Å². The van der Waals surface area contributed by atoms with Crippen LogP contribution in [0.3, 0.4) is 0 Å². The van der Waals surface area contributed by atoms with Crippen LogP contribution in [0.25, 0.3) is 0 Å². The number of ether oxygens (including phenoxy) is 1. The largest absolute Gasteiger partial charge is 0.385 e. The van der Waals surface area contributed by atoms with Gasteiger partial charge in [-0.25, -0.2) is 4.98 Å². The first-order chi connectivity index (χ1) is 8.15. The second-order valence-electron chi connectivity index (χ2n) is 3.57. The van der Waals surface area contributed by atoms with E-state index in [1.165, 1.54) is 0 Å². The molecule has 1 rings (SSSR count). The Morgan fingerprint density at radius 1 is 1.71 bits per heavy atom. The Bertz CT molecular complexity index is 373. The average Bonchev–Trinajstić information content (AvgIpc) is 2.32. The molecule has 5 nitrogen and oxygen atoms in total. The summed E-state index contributed by atoms with van der Waals surface area (Å²) in [7, 11) is 1.62. The van der Waals surface area contributed by atoms with E-state index >= 15 is 0 Å². The standard InChI is InChI=1S/C11H16BrN3O2/c1-17-7-3-4-8(13)11(16)15-9-5-2-6-14-10(9)12/h2,5-6,8H,3-4,7,13H2,1H3,(H,15,16). The number of hydrogen-bond acceptors (Lipinski definition) is 4. The average molecular weight is 302 g/mol. The molecule has 3 N–H and O–H groups in total. The fourth-order valence-electron chi connectivity index (χ4n) is 1.28. The van der Waals surface area contributed by atoms with Crippen LogP contribution in [0.1, 0.15) is 12.8 Å². The van der Waals surface area contributed by atoms with Crippen molar-refractivity contribution >= 4 is 27.5 Å². The van der Waals surface area contributed by atoms with Crippen LogP contribution in [0.4, 0.5) is 5.69 Å². The van der Waals surface area contributed by atoms with E-state index in [0.717, 1.165) is 6.42 Å². The maximum absolute atomic E-state index is 11.7. The van der Waals surface area contributed by atoms with Crippen molar-refractivity contribution in [3.05, 3.63) is 22.9 Å². The van der Waals surface area contributed by atoms with Crippen LogP contribution in [0.2, 0.25) is 0 Å². The molecule has 1 amide bonds. The molecule has 0 aliphatic carbocycles. The van der Waals surface area contributed by atoms with E-state index in [1.807, 2.05) is 0 Å². The number of carbonyl (C=O) groups is 1. The second kappa shape index (κ2) is 7.37. The number of pyridine rings is 1. The highest BCUT2D eigenvalue weighted by Crippen LogP contribution is 2.18. The Balaban J connectivity index is 2.46. The van der Waals surface area contributed by atoms with Crippen LogP contribution in [-0.4, -0.2) is 30.6 Å². The molecule has 0 saturated heterocycles. The monoisotopic (exact) mass is 301 g/mol. The van der Waals surface area contributed by atoms with Gasteiger partial charge in [0.1, 0.15) is 4.60 Å². The molecular formula is C11H16BrN3O2. The SMILES string of the molecule is COCCCC(N)C(=O)Nc1cccnc1Br. The number of aromatic nitrogens is 1. The second-order valence-corrected chi connectivity index (χ2v) is 4.32. The predicted molar refractivity (Wildman–Crippen MR) is 69.7 cm³/mol. The van der Waals surface area contributed by atoms with Crippen LogP contribution in [0.15, 0.2) is 22.9 Å². The number of nitrogens with two attached hydrogens (primary N) is 1. The number of methoxy groups -OCH3 is 1. The topological polar surface area (TPSA) is 77.2 Å². The molecule has 0 fully saturated rings. The van der Waals surface area contributed by atoms with Gasteiger partial charge in [-0.05, 0) is 40.9 Å². The number of carbonyl (C=O) groups excluding carboxylic acids is 1. The van der Waals surface area contributed by atoms with Gasteiger partial charge in [-0.1, -0.05) is 0 Å². The number of nitrogens with zero attached hydrogens (tertiary/aromatic N) is 1. The van der Waals surface area contributed by atoms with Crippen LogP contribution >= 0.6 is 15.9 Å². The summed E-state index contributed by atoms with van der Waals surface area (Å²) in [5, 5.41) is 2.72. The molecule has 0 saturated carbocycles. The van der Waals surface area contributed by atoms with E-state index in [-0.39, 0.29) is 5.91 Å². The van der Waals surface area contributed by atoms with Crippen molar-refractivity contribution in [3.63, 3.8) is 0 Å². The molecule has 17 heavy (non-hydrogen) atoms. The molecule has 0 bridgehead atoms. The van der Waals surface area contributed by atoms with Crippen molar-refractivity contribution in [1.29, 1.82) is 0 Å². The van der Waals surface area contributed by atoms with E-state index in [0.29, 0.717) is 23.3 Å². The summed E-state index contributed by atoms with van der Waals surface area (Å²) in [6, 6.07) is 2.98. The lowest BCUT2D eigenvalue weighted by Gasteiger charge is -2.12. The minimum Gasteiger partial charge on any atom is -0.385 e. The molecule has 0 radical (unpaired) electrons. The molecule has 0 aliphatic rings. The summed E-state index contributed by atoms with van der Waals surface area (Å²) in [5.74, 6) is -0.213. The Morgan fingerprint density at radius 3 is 3.12 bits per heavy atom. The van der Waals surface area contributed by atoms with E-state index in [1.54, 1.807) is 25.4 Å². The van der Waals surface area contributed by atoms with Gasteiger partial charge in [0.2, 0.25) is 5.91 Å². The van der Waals surface area contributed by atoms with Gasteiger partial charge in [-0.15, -0.1) is 0 Å². The summed E-state index contributed by atoms with van der Waals surface area (Å²) in [6.45, 7) is 0.609. The lowest BCUT2D eigenvalue weighted by molar-refractivity contribution is -0.117. The fraction of sp³-hybridized carbons (Fsp3) is 0.455. The molecule has 1 unspecified atom stereocenters. The molecular weight excluding hydrogens is 286 g/mol. The van der Waals surface area contributed by atoms with Crippen LogP contribution in [-0.2, 0) is 9.53 Å². The van der Waals surface area contributed by atoms with E-state index in [4.69, 9.17) is 10.5 Å². The summed E-state index contributed by atoms with van der Waals surface area (Å²) in [6.07, 6.45) is 3.00. The predicted octanol–water partition coefficient (Wildman–Crippen LogP) is 1.54. The minimum atomic E-state index is -0.530. The van der Waals surface area contributed by atoms with Gasteiger partial charge in [-0.3, -0.25) is 4.79 Å². The highest BCUT2D eigenvalue weighted by atomic mass is 79.9. The van der Waals surface area contributed by atoms with Gasteiger partial charge in [-0.2, -0.15) is 0 Å². The zero-order chi connectivity index (χ0) is 12.7. The minimum absolute atomic E-state index is 0.213. The number of halogens is 1. The molecule has 1 atom stereocenters. The number of rotatable bonds is 6. The lowest BCUT2D eigenvalue weighted by atomic mass is 10.1. The molecule has 94 valence electrons. The van der Waals surface area contributed by atoms with Crippen LogP contribution in [0.5, 0.6) is 0 Å². The van der Waals surface area contributed by atoms with Crippen molar-refractivity contribution in [2.24, 2.45) is 5.73 Å². The van der Waals surface area contributed by atoms with Crippen molar-refractivity contribution in [2.75, 3.05) is 19.0 Å². The Hall–Kier alpha value is -0.980. The van der Waals surface area contributed by atoms with E-state index in [2.05, 4.69) is 26.2 Å². The normalized spacial score (nSPS) is 12.2. The van der Waals surface area contributed by atoms with Crippen molar-refractivity contribution in [2.45, 2.75) is 18.9 Å².